The summed E-state index contributed by atoms with van der Waals surface area (Å²) in [6.07, 6.45) is 4.16. The summed E-state index contributed by atoms with van der Waals surface area (Å²) in [6.45, 7) is 10.6. The zero-order chi connectivity index (χ0) is 16.6. The van der Waals surface area contributed by atoms with Crippen molar-refractivity contribution in [2.75, 3.05) is 0 Å². The summed E-state index contributed by atoms with van der Waals surface area (Å²) < 4.78 is 0. The minimum absolute atomic E-state index is 0.0303. The highest BCUT2D eigenvalue weighted by atomic mass is 16.6. The van der Waals surface area contributed by atoms with Crippen LogP contribution in [0.1, 0.15) is 73.1 Å². The Morgan fingerprint density at radius 2 is 1.55 bits per heavy atom. The van der Waals surface area contributed by atoms with Gasteiger partial charge in [0, 0.05) is 24.2 Å². The molecular weight excluding hydrogens is 278 g/mol. The third-order valence-corrected chi connectivity index (χ3v) is 5.81. The van der Waals surface area contributed by atoms with Crippen LogP contribution in [0, 0.1) is 26.4 Å². The maximum atomic E-state index is 12.8. The molecule has 0 radical (unpaired) electrons. The summed E-state index contributed by atoms with van der Waals surface area (Å²) >= 11 is 0. The molecule has 1 saturated carbocycles. The smallest absolute Gasteiger partial charge is 0.251 e. The van der Waals surface area contributed by atoms with E-state index in [1.807, 2.05) is 0 Å². The summed E-state index contributed by atoms with van der Waals surface area (Å²) in [6, 6.07) is 0. The van der Waals surface area contributed by atoms with Gasteiger partial charge in [-0.1, -0.05) is 40.2 Å². The number of ketones is 1. The van der Waals surface area contributed by atoms with Gasteiger partial charge in [0.25, 0.3) is 5.54 Å². The van der Waals surface area contributed by atoms with Gasteiger partial charge in [0.15, 0.2) is 5.78 Å². The number of allylic oxidation sites excluding steroid dienone is 1. The predicted molar refractivity (Wildman–Crippen MR) is 85.1 cm³/mol. The lowest BCUT2D eigenvalue weighted by Crippen LogP contribution is -2.58. The molecule has 0 aromatic carbocycles. The fourth-order valence-corrected chi connectivity index (χ4v) is 6.07. The third-order valence-electron chi connectivity index (χ3n) is 5.81. The minimum Gasteiger partial charge on any atom is -0.294 e. The molecule has 0 aromatic heterocycles. The number of hydrogen-bond acceptors (Lipinski definition) is 3. The van der Waals surface area contributed by atoms with Gasteiger partial charge in [-0.3, -0.25) is 14.9 Å². The first-order valence-electron chi connectivity index (χ1n) is 8.29. The van der Waals surface area contributed by atoms with Crippen LogP contribution in [-0.2, 0) is 4.79 Å². The molecular formula is C18H27NO3. The zero-order valence-electron chi connectivity index (χ0n) is 14.4. The predicted octanol–water partition coefficient (Wildman–Crippen LogP) is 4.31. The number of hydrogen-bond donors (Lipinski definition) is 0. The van der Waals surface area contributed by atoms with Crippen LogP contribution in [0.4, 0.5) is 0 Å². The van der Waals surface area contributed by atoms with Crippen molar-refractivity contribution in [3.63, 3.8) is 0 Å². The lowest BCUT2D eigenvalue weighted by atomic mass is 9.48. The Kier molecular flexibility index (Phi) is 3.00. The molecule has 4 heteroatoms. The zero-order valence-corrected chi connectivity index (χ0v) is 14.4. The van der Waals surface area contributed by atoms with Crippen molar-refractivity contribution in [2.45, 2.75) is 78.7 Å². The molecule has 0 unspecified atom stereocenters. The molecule has 2 atom stereocenters. The third kappa shape index (κ3) is 2.22. The summed E-state index contributed by atoms with van der Waals surface area (Å²) in [4.78, 5) is 24.8. The molecule has 0 aromatic rings. The van der Waals surface area contributed by atoms with Crippen molar-refractivity contribution in [3.05, 3.63) is 21.3 Å². The molecule has 2 bridgehead atoms. The van der Waals surface area contributed by atoms with Crippen LogP contribution in [0.2, 0.25) is 0 Å². The molecule has 3 aliphatic rings. The van der Waals surface area contributed by atoms with Gasteiger partial charge in [0.1, 0.15) is 0 Å². The van der Waals surface area contributed by atoms with Crippen molar-refractivity contribution in [2.24, 2.45) is 16.2 Å². The number of carbonyl (C=O) groups is 1. The van der Waals surface area contributed by atoms with Crippen molar-refractivity contribution in [1.29, 1.82) is 0 Å². The lowest BCUT2D eigenvalue weighted by Gasteiger charge is -2.54. The highest BCUT2D eigenvalue weighted by Crippen LogP contribution is 2.62. The molecule has 0 amide bonds. The summed E-state index contributed by atoms with van der Waals surface area (Å²) in [5.74, 6) is 0.0303. The van der Waals surface area contributed by atoms with Crippen LogP contribution in [0.5, 0.6) is 0 Å². The molecule has 4 nitrogen and oxygen atoms in total. The topological polar surface area (TPSA) is 60.2 Å². The molecule has 0 N–H and O–H groups in total. The Bertz CT molecular complexity index is 601. The SMILES string of the molecule is CC1(C)CC(=O)C2=C(C1)C[C@@]1(C)CC(C)(C)C[C@@]2([N+](=O)[O-])C1. The summed E-state index contributed by atoms with van der Waals surface area (Å²) in [7, 11) is 0. The Labute approximate surface area is 132 Å². The molecule has 3 rings (SSSR count). The van der Waals surface area contributed by atoms with Gasteiger partial charge in [0.05, 0.1) is 5.57 Å². The second kappa shape index (κ2) is 4.21. The normalized spacial score (nSPS) is 39.4. The molecule has 0 saturated heterocycles. The first kappa shape index (κ1) is 15.7. The van der Waals surface area contributed by atoms with E-state index in [0.717, 1.165) is 24.8 Å². The standard InChI is InChI=1S/C18H27NO3/c1-15(2)6-12-7-17(5)9-16(3,4)10-18(11-17,19(21)22)14(12)13(20)8-15/h6-11H2,1-5H3/t17-,18+/m0/s1. The van der Waals surface area contributed by atoms with Gasteiger partial charge in [-0.25, -0.2) is 0 Å². The fraction of sp³-hybridized carbons (Fsp3) is 0.833. The second-order valence-corrected chi connectivity index (χ2v) is 9.89. The summed E-state index contributed by atoms with van der Waals surface area (Å²) in [5, 5.41) is 12.1. The number of nitrogens with zero attached hydrogens (tertiary/aromatic N) is 1. The minimum atomic E-state index is -1.14. The number of carbonyl (C=O) groups excluding carboxylic acids is 1. The Balaban J connectivity index is 2.22. The first-order chi connectivity index (χ1) is 9.88. The van der Waals surface area contributed by atoms with Gasteiger partial charge in [-0.15, -0.1) is 0 Å². The van der Waals surface area contributed by atoms with Crippen molar-refractivity contribution < 1.29 is 9.72 Å². The number of nitro groups is 1. The summed E-state index contributed by atoms with van der Waals surface area (Å²) in [5.41, 5.74) is 0.320. The fourth-order valence-electron chi connectivity index (χ4n) is 6.07. The second-order valence-electron chi connectivity index (χ2n) is 9.89. The average Bonchev–Trinajstić information content (AvgIpc) is 2.20. The highest BCUT2D eigenvalue weighted by Gasteiger charge is 2.64. The van der Waals surface area contributed by atoms with E-state index >= 15 is 0 Å². The molecule has 3 aliphatic carbocycles. The van der Waals surface area contributed by atoms with E-state index in [-0.39, 0.29) is 27.0 Å². The number of Topliss-reactive ketones (excluding diaryl/α,β-unsaturated/α-hetero) is 1. The van der Waals surface area contributed by atoms with E-state index < -0.39 is 5.54 Å². The van der Waals surface area contributed by atoms with Crippen molar-refractivity contribution in [1.82, 2.24) is 0 Å². The average molecular weight is 305 g/mol. The molecule has 0 heterocycles. The highest BCUT2D eigenvalue weighted by molar-refractivity contribution is 5.99. The van der Waals surface area contributed by atoms with Crippen LogP contribution in [0.3, 0.4) is 0 Å². The molecule has 0 spiro atoms. The van der Waals surface area contributed by atoms with Gasteiger partial charge >= 0.3 is 0 Å². The Morgan fingerprint density at radius 3 is 2.14 bits per heavy atom. The van der Waals surface area contributed by atoms with E-state index in [4.69, 9.17) is 0 Å². The molecule has 0 aliphatic heterocycles. The molecule has 22 heavy (non-hydrogen) atoms. The van der Waals surface area contributed by atoms with E-state index in [2.05, 4.69) is 34.6 Å². The molecule has 1 fully saturated rings. The van der Waals surface area contributed by atoms with Crippen LogP contribution < -0.4 is 0 Å². The van der Waals surface area contributed by atoms with E-state index in [1.165, 1.54) is 0 Å². The maximum absolute atomic E-state index is 12.8. The Hall–Kier alpha value is -1.19. The Morgan fingerprint density at radius 1 is 0.909 bits per heavy atom. The number of rotatable bonds is 1. The van der Waals surface area contributed by atoms with Crippen molar-refractivity contribution in [3.8, 4) is 0 Å². The largest absolute Gasteiger partial charge is 0.294 e. The van der Waals surface area contributed by atoms with Gasteiger partial charge in [0.2, 0.25) is 0 Å². The number of fused-ring (bicyclic) bond motifs is 3. The van der Waals surface area contributed by atoms with Gasteiger partial charge in [-0.2, -0.15) is 0 Å². The van der Waals surface area contributed by atoms with Crippen LogP contribution in [0.25, 0.3) is 0 Å². The van der Waals surface area contributed by atoms with Crippen LogP contribution in [-0.4, -0.2) is 16.2 Å². The van der Waals surface area contributed by atoms with E-state index in [1.54, 1.807) is 0 Å². The van der Waals surface area contributed by atoms with Crippen molar-refractivity contribution >= 4 is 5.78 Å². The first-order valence-corrected chi connectivity index (χ1v) is 8.29. The van der Waals surface area contributed by atoms with Gasteiger partial charge in [-0.05, 0) is 35.5 Å². The van der Waals surface area contributed by atoms with Crippen LogP contribution in [0.15, 0.2) is 11.1 Å². The van der Waals surface area contributed by atoms with E-state index in [0.29, 0.717) is 24.8 Å². The van der Waals surface area contributed by atoms with E-state index in [9.17, 15) is 14.9 Å². The van der Waals surface area contributed by atoms with Crippen LogP contribution >= 0.6 is 0 Å². The van der Waals surface area contributed by atoms with Gasteiger partial charge < -0.3 is 0 Å². The monoisotopic (exact) mass is 305 g/mol. The lowest BCUT2D eigenvalue weighted by molar-refractivity contribution is -0.571. The quantitative estimate of drug-likeness (QED) is 0.536. The maximum Gasteiger partial charge on any atom is 0.251 e. The molecule has 122 valence electrons.